The zero-order valence-electron chi connectivity index (χ0n) is 9.93. The maximum atomic E-state index is 9.64. The van der Waals surface area contributed by atoms with E-state index in [1.54, 1.807) is 0 Å². The highest BCUT2D eigenvalue weighted by atomic mass is 16.6. The minimum Gasteiger partial charge on any atom is -0.486 e. The second kappa shape index (κ2) is 4.31. The number of hydrogen-bond acceptors (Lipinski definition) is 6. The Morgan fingerprint density at radius 2 is 2.06 bits per heavy atom. The topological polar surface area (TPSA) is 74.2 Å². The number of piperazine rings is 1. The van der Waals surface area contributed by atoms with Crippen molar-refractivity contribution in [3.8, 4) is 11.5 Å². The fourth-order valence-electron chi connectivity index (χ4n) is 2.31. The van der Waals surface area contributed by atoms with Crippen molar-refractivity contribution < 1.29 is 19.7 Å². The summed E-state index contributed by atoms with van der Waals surface area (Å²) in [6.45, 7) is 2.33. The number of nitrogens with one attached hydrogen (secondary N) is 1. The Morgan fingerprint density at radius 1 is 1.22 bits per heavy atom. The lowest BCUT2D eigenvalue weighted by atomic mass is 10.2. The molecule has 6 nitrogen and oxygen atoms in total. The van der Waals surface area contributed by atoms with Crippen molar-refractivity contribution >= 4 is 5.69 Å². The van der Waals surface area contributed by atoms with E-state index in [2.05, 4.69) is 5.32 Å². The first-order chi connectivity index (χ1) is 8.66. The molecule has 0 radical (unpaired) electrons. The standard InChI is InChI=1S/C12H16N2O4/c15-12(16)8-14(5-4-13-12)9-2-1-3-10-11(9)18-7-6-17-10/h1-3,13,15-16H,4-8H2. The average Bonchev–Trinajstić information content (AvgIpc) is 2.37. The highest BCUT2D eigenvalue weighted by Crippen LogP contribution is 2.39. The van der Waals surface area contributed by atoms with Crippen LogP contribution in [0.2, 0.25) is 0 Å². The summed E-state index contributed by atoms with van der Waals surface area (Å²) in [6, 6.07) is 5.63. The average molecular weight is 252 g/mol. The summed E-state index contributed by atoms with van der Waals surface area (Å²) in [6.07, 6.45) is 0. The Morgan fingerprint density at radius 3 is 2.89 bits per heavy atom. The van der Waals surface area contributed by atoms with Crippen LogP contribution in [0, 0.1) is 0 Å². The first kappa shape index (κ1) is 11.6. The Kier molecular flexibility index (Phi) is 2.77. The van der Waals surface area contributed by atoms with Crippen molar-refractivity contribution in [3.63, 3.8) is 0 Å². The molecule has 98 valence electrons. The third-order valence-corrected chi connectivity index (χ3v) is 3.09. The van der Waals surface area contributed by atoms with Crippen LogP contribution in [0.1, 0.15) is 0 Å². The van der Waals surface area contributed by atoms with Gasteiger partial charge in [-0.15, -0.1) is 0 Å². The smallest absolute Gasteiger partial charge is 0.240 e. The molecule has 1 aromatic carbocycles. The number of hydrogen-bond donors (Lipinski definition) is 3. The first-order valence-corrected chi connectivity index (χ1v) is 5.99. The van der Waals surface area contributed by atoms with Crippen LogP contribution in [0.5, 0.6) is 11.5 Å². The van der Waals surface area contributed by atoms with Crippen molar-refractivity contribution in [3.05, 3.63) is 18.2 Å². The molecule has 1 aromatic rings. The highest BCUT2D eigenvalue weighted by Gasteiger charge is 2.32. The van der Waals surface area contributed by atoms with Gasteiger partial charge in [0.05, 0.1) is 12.2 Å². The van der Waals surface area contributed by atoms with Crippen LogP contribution in [0.25, 0.3) is 0 Å². The third-order valence-electron chi connectivity index (χ3n) is 3.09. The highest BCUT2D eigenvalue weighted by molar-refractivity contribution is 5.65. The number of ether oxygens (including phenoxy) is 2. The molecule has 0 atom stereocenters. The van der Waals surface area contributed by atoms with Crippen LogP contribution in [0.15, 0.2) is 18.2 Å². The molecule has 3 rings (SSSR count). The van der Waals surface area contributed by atoms with Crippen molar-refractivity contribution in [2.24, 2.45) is 0 Å². The van der Waals surface area contributed by atoms with Gasteiger partial charge in [0.2, 0.25) is 5.91 Å². The fourth-order valence-corrected chi connectivity index (χ4v) is 2.31. The molecule has 0 amide bonds. The summed E-state index contributed by atoms with van der Waals surface area (Å²) >= 11 is 0. The molecule has 1 saturated heterocycles. The summed E-state index contributed by atoms with van der Waals surface area (Å²) in [5, 5.41) is 21.9. The number of nitrogens with zero attached hydrogens (tertiary/aromatic N) is 1. The second-order valence-corrected chi connectivity index (χ2v) is 4.47. The van der Waals surface area contributed by atoms with Gasteiger partial charge in [0.15, 0.2) is 11.5 Å². The second-order valence-electron chi connectivity index (χ2n) is 4.47. The molecule has 6 heteroatoms. The van der Waals surface area contributed by atoms with Crippen LogP contribution in [0.4, 0.5) is 5.69 Å². The van der Waals surface area contributed by atoms with Gasteiger partial charge in [-0.05, 0) is 12.1 Å². The van der Waals surface area contributed by atoms with Gasteiger partial charge in [-0.2, -0.15) is 0 Å². The van der Waals surface area contributed by atoms with Crippen molar-refractivity contribution in [1.82, 2.24) is 5.32 Å². The van der Waals surface area contributed by atoms with Gasteiger partial charge in [0.1, 0.15) is 13.2 Å². The van der Waals surface area contributed by atoms with Crippen LogP contribution in [0.3, 0.4) is 0 Å². The lowest BCUT2D eigenvalue weighted by Gasteiger charge is -2.38. The number of β-amino-alcohol motifs (C(OH)–C–C–N with tert-alkyl or cyclic N) is 2. The maximum Gasteiger partial charge on any atom is 0.240 e. The Hall–Kier alpha value is -1.50. The lowest BCUT2D eigenvalue weighted by Crippen LogP contribution is -2.60. The van der Waals surface area contributed by atoms with Crippen molar-refractivity contribution in [2.45, 2.75) is 5.91 Å². The molecular formula is C12H16N2O4. The fraction of sp³-hybridized carbons (Fsp3) is 0.500. The summed E-state index contributed by atoms with van der Waals surface area (Å²) in [7, 11) is 0. The Balaban J connectivity index is 1.92. The predicted molar refractivity (Wildman–Crippen MR) is 64.8 cm³/mol. The maximum absolute atomic E-state index is 9.64. The van der Waals surface area contributed by atoms with E-state index in [0.717, 1.165) is 5.69 Å². The minimum absolute atomic E-state index is 0.0901. The van der Waals surface area contributed by atoms with Crippen molar-refractivity contribution in [2.75, 3.05) is 37.7 Å². The molecule has 2 aliphatic rings. The summed E-state index contributed by atoms with van der Waals surface area (Å²) in [5.41, 5.74) is 0.834. The van der Waals surface area contributed by atoms with Gasteiger partial charge in [0, 0.05) is 13.1 Å². The van der Waals surface area contributed by atoms with E-state index in [9.17, 15) is 10.2 Å². The van der Waals surface area contributed by atoms with Gasteiger partial charge in [-0.3, -0.25) is 5.32 Å². The zero-order valence-corrected chi connectivity index (χ0v) is 9.93. The van der Waals surface area contributed by atoms with E-state index in [0.29, 0.717) is 37.8 Å². The van der Waals surface area contributed by atoms with Crippen molar-refractivity contribution in [1.29, 1.82) is 0 Å². The van der Waals surface area contributed by atoms with Crippen LogP contribution in [-0.4, -0.2) is 49.0 Å². The predicted octanol–water partition coefficient (Wildman–Crippen LogP) is -0.494. The monoisotopic (exact) mass is 252 g/mol. The van der Waals surface area contributed by atoms with E-state index in [-0.39, 0.29) is 6.54 Å². The number of rotatable bonds is 1. The molecule has 0 saturated carbocycles. The molecule has 0 unspecified atom stereocenters. The molecule has 3 N–H and O–H groups in total. The first-order valence-electron chi connectivity index (χ1n) is 5.99. The van der Waals surface area contributed by atoms with E-state index in [4.69, 9.17) is 9.47 Å². The van der Waals surface area contributed by atoms with E-state index < -0.39 is 5.91 Å². The van der Waals surface area contributed by atoms with E-state index >= 15 is 0 Å². The van der Waals surface area contributed by atoms with Crippen LogP contribution >= 0.6 is 0 Å². The van der Waals surface area contributed by atoms with Gasteiger partial charge in [-0.1, -0.05) is 6.07 Å². The number of fused-ring (bicyclic) bond motifs is 1. The summed E-state index contributed by atoms with van der Waals surface area (Å²) < 4.78 is 11.1. The number of anilines is 1. The molecule has 0 bridgehead atoms. The zero-order chi connectivity index (χ0) is 12.6. The Labute approximate surface area is 105 Å². The number of aliphatic hydroxyl groups is 2. The molecule has 2 aliphatic heterocycles. The third kappa shape index (κ3) is 2.10. The van der Waals surface area contributed by atoms with Gasteiger partial charge < -0.3 is 24.6 Å². The van der Waals surface area contributed by atoms with Crippen LogP contribution in [-0.2, 0) is 0 Å². The van der Waals surface area contributed by atoms with Gasteiger partial charge in [-0.25, -0.2) is 0 Å². The van der Waals surface area contributed by atoms with E-state index in [1.165, 1.54) is 0 Å². The molecule has 0 spiro atoms. The molecular weight excluding hydrogens is 236 g/mol. The number of benzene rings is 1. The summed E-state index contributed by atoms with van der Waals surface area (Å²) in [5.74, 6) is -0.475. The SMILES string of the molecule is OC1(O)CN(c2cccc3c2OCCO3)CCN1. The molecule has 0 aromatic heterocycles. The quantitative estimate of drug-likeness (QED) is 0.585. The molecule has 18 heavy (non-hydrogen) atoms. The van der Waals surface area contributed by atoms with Gasteiger partial charge in [0.25, 0.3) is 0 Å². The largest absolute Gasteiger partial charge is 0.486 e. The van der Waals surface area contributed by atoms with Crippen LogP contribution < -0.4 is 19.7 Å². The number of para-hydroxylation sites is 1. The van der Waals surface area contributed by atoms with E-state index in [1.807, 2.05) is 23.1 Å². The molecule has 0 aliphatic carbocycles. The normalized spacial score (nSPS) is 21.8. The summed E-state index contributed by atoms with van der Waals surface area (Å²) in [4.78, 5) is 1.88. The van der Waals surface area contributed by atoms with Gasteiger partial charge >= 0.3 is 0 Å². The molecule has 1 fully saturated rings. The minimum atomic E-state index is -1.86. The lowest BCUT2D eigenvalue weighted by molar-refractivity contribution is -0.182. The Bertz CT molecular complexity index is 450. The molecule has 2 heterocycles.